The van der Waals surface area contributed by atoms with Crippen LogP contribution in [0.4, 0.5) is 0 Å². The van der Waals surface area contributed by atoms with Crippen molar-refractivity contribution in [3.63, 3.8) is 0 Å². The highest BCUT2D eigenvalue weighted by molar-refractivity contribution is 5.82. The van der Waals surface area contributed by atoms with Gasteiger partial charge in [0.05, 0.1) is 13.2 Å². The van der Waals surface area contributed by atoms with Gasteiger partial charge in [0.15, 0.2) is 5.79 Å². The maximum atomic E-state index is 11.3. The van der Waals surface area contributed by atoms with Gasteiger partial charge < -0.3 is 18.9 Å². The molecular weight excluding hydrogens is 276 g/mol. The van der Waals surface area contributed by atoms with Gasteiger partial charge in [-0.05, 0) is 39.8 Å². The van der Waals surface area contributed by atoms with Crippen LogP contribution in [0, 0.1) is 0 Å². The van der Waals surface area contributed by atoms with E-state index in [0.29, 0.717) is 13.2 Å². The number of ether oxygens (including phenoxy) is 4. The Morgan fingerprint density at radius 1 is 0.952 bits per heavy atom. The Labute approximate surface area is 124 Å². The van der Waals surface area contributed by atoms with Gasteiger partial charge in [0.1, 0.15) is 12.2 Å². The van der Waals surface area contributed by atoms with Crippen molar-refractivity contribution in [2.45, 2.75) is 45.7 Å². The highest BCUT2D eigenvalue weighted by Crippen LogP contribution is 2.29. The summed E-state index contributed by atoms with van der Waals surface area (Å²) in [6.45, 7) is 7.60. The summed E-state index contributed by atoms with van der Waals surface area (Å²) in [5.74, 6) is -1.69. The molecule has 6 heteroatoms. The van der Waals surface area contributed by atoms with E-state index in [0.717, 1.165) is 0 Å². The zero-order chi connectivity index (χ0) is 15.9. The van der Waals surface area contributed by atoms with Crippen LogP contribution < -0.4 is 0 Å². The van der Waals surface area contributed by atoms with E-state index in [-0.39, 0.29) is 0 Å². The molecule has 1 rings (SSSR count). The molecule has 1 saturated heterocycles. The van der Waals surface area contributed by atoms with Gasteiger partial charge >= 0.3 is 11.9 Å². The second-order valence-electron chi connectivity index (χ2n) is 4.79. The molecule has 1 aliphatic heterocycles. The largest absolute Gasteiger partial charge is 0.463 e. The van der Waals surface area contributed by atoms with E-state index in [4.69, 9.17) is 18.9 Å². The number of hydrogen-bond acceptors (Lipinski definition) is 6. The zero-order valence-electron chi connectivity index (χ0n) is 12.8. The number of carbonyl (C=O) groups is 2. The molecule has 1 fully saturated rings. The highest BCUT2D eigenvalue weighted by atomic mass is 16.7. The summed E-state index contributed by atoms with van der Waals surface area (Å²) >= 11 is 0. The average molecular weight is 298 g/mol. The number of rotatable bonds is 6. The summed E-state index contributed by atoms with van der Waals surface area (Å²) in [5.41, 5.74) is 0. The van der Waals surface area contributed by atoms with Gasteiger partial charge in [-0.15, -0.1) is 0 Å². The fourth-order valence-corrected chi connectivity index (χ4v) is 1.84. The van der Waals surface area contributed by atoms with E-state index in [1.54, 1.807) is 39.8 Å². The third-order valence-corrected chi connectivity index (χ3v) is 2.58. The molecule has 0 unspecified atom stereocenters. The third kappa shape index (κ3) is 6.10. The molecule has 118 valence electrons. The van der Waals surface area contributed by atoms with Crippen LogP contribution in [0.5, 0.6) is 0 Å². The molecule has 0 amide bonds. The molecule has 0 N–H and O–H groups in total. The Hall–Kier alpha value is -1.66. The van der Waals surface area contributed by atoms with Crippen LogP contribution in [0.2, 0.25) is 0 Å². The molecule has 0 bridgehead atoms. The minimum atomic E-state index is -0.798. The van der Waals surface area contributed by atoms with Crippen molar-refractivity contribution in [1.82, 2.24) is 0 Å². The maximum Gasteiger partial charge on any atom is 0.330 e. The molecule has 0 radical (unpaired) electrons. The lowest BCUT2D eigenvalue weighted by molar-refractivity contribution is -0.141. The van der Waals surface area contributed by atoms with E-state index in [1.165, 1.54) is 12.2 Å². The van der Waals surface area contributed by atoms with Gasteiger partial charge in [-0.25, -0.2) is 9.59 Å². The van der Waals surface area contributed by atoms with Gasteiger partial charge in [0.2, 0.25) is 0 Å². The van der Waals surface area contributed by atoms with Crippen molar-refractivity contribution in [2.24, 2.45) is 0 Å². The lowest BCUT2D eigenvalue weighted by Gasteiger charge is -2.15. The second-order valence-corrected chi connectivity index (χ2v) is 4.79. The number of hydrogen-bond donors (Lipinski definition) is 0. The second kappa shape index (κ2) is 7.95. The van der Waals surface area contributed by atoms with Gasteiger partial charge in [-0.2, -0.15) is 0 Å². The summed E-state index contributed by atoms with van der Waals surface area (Å²) in [7, 11) is 0. The first kappa shape index (κ1) is 17.4. The van der Waals surface area contributed by atoms with Gasteiger partial charge in [-0.3, -0.25) is 0 Å². The van der Waals surface area contributed by atoms with Gasteiger partial charge in [0, 0.05) is 12.2 Å². The zero-order valence-corrected chi connectivity index (χ0v) is 12.8. The fourth-order valence-electron chi connectivity index (χ4n) is 1.84. The minimum Gasteiger partial charge on any atom is -0.463 e. The Balaban J connectivity index is 2.70. The molecule has 0 spiro atoms. The number of esters is 2. The van der Waals surface area contributed by atoms with E-state index in [9.17, 15) is 9.59 Å². The van der Waals surface area contributed by atoms with Crippen molar-refractivity contribution in [2.75, 3.05) is 13.2 Å². The van der Waals surface area contributed by atoms with Crippen molar-refractivity contribution in [3.8, 4) is 0 Å². The third-order valence-electron chi connectivity index (χ3n) is 2.58. The van der Waals surface area contributed by atoms with Crippen LogP contribution in [0.3, 0.4) is 0 Å². The Bertz CT molecular complexity index is 386. The van der Waals surface area contributed by atoms with E-state index < -0.39 is 29.9 Å². The molecule has 0 aromatic rings. The summed E-state index contributed by atoms with van der Waals surface area (Å²) in [4.78, 5) is 22.6. The predicted molar refractivity (Wildman–Crippen MR) is 75.4 cm³/mol. The molecule has 1 aliphatic rings. The lowest BCUT2D eigenvalue weighted by atomic mass is 10.2. The standard InChI is InChI=1S/C15H22O6/c1-5-18-13(16)9-7-11-12(21-15(3,4)20-11)8-10-14(17)19-6-2/h7-12H,5-6H2,1-4H3/b9-7-,10-8-/t11-,12-/m1/s1. The van der Waals surface area contributed by atoms with Crippen LogP contribution in [-0.4, -0.2) is 43.1 Å². The molecule has 0 aromatic carbocycles. The lowest BCUT2D eigenvalue weighted by Crippen LogP contribution is -2.21. The minimum absolute atomic E-state index is 0.308. The van der Waals surface area contributed by atoms with Crippen molar-refractivity contribution < 1.29 is 28.5 Å². The summed E-state index contributed by atoms with van der Waals surface area (Å²) in [6.07, 6.45) is 4.76. The Morgan fingerprint density at radius 2 is 1.33 bits per heavy atom. The maximum absolute atomic E-state index is 11.3. The first-order chi connectivity index (χ1) is 9.88. The molecule has 1 heterocycles. The summed E-state index contributed by atoms with van der Waals surface area (Å²) in [6, 6.07) is 0. The summed E-state index contributed by atoms with van der Waals surface area (Å²) in [5, 5.41) is 0. The molecule has 21 heavy (non-hydrogen) atoms. The van der Waals surface area contributed by atoms with Gasteiger partial charge in [-0.1, -0.05) is 0 Å². The fraction of sp³-hybridized carbons (Fsp3) is 0.600. The van der Waals surface area contributed by atoms with Crippen molar-refractivity contribution >= 4 is 11.9 Å². The van der Waals surface area contributed by atoms with Crippen LogP contribution >= 0.6 is 0 Å². The first-order valence-corrected chi connectivity index (χ1v) is 6.93. The Morgan fingerprint density at radius 3 is 1.67 bits per heavy atom. The molecule has 2 atom stereocenters. The molecule has 6 nitrogen and oxygen atoms in total. The quantitative estimate of drug-likeness (QED) is 0.549. The van der Waals surface area contributed by atoms with Crippen LogP contribution in [-0.2, 0) is 28.5 Å². The first-order valence-electron chi connectivity index (χ1n) is 6.93. The van der Waals surface area contributed by atoms with E-state index in [1.807, 2.05) is 0 Å². The summed E-state index contributed by atoms with van der Waals surface area (Å²) < 4.78 is 20.9. The molecule has 0 aromatic heterocycles. The monoisotopic (exact) mass is 298 g/mol. The van der Waals surface area contributed by atoms with Crippen LogP contribution in [0.1, 0.15) is 27.7 Å². The van der Waals surface area contributed by atoms with Crippen LogP contribution in [0.25, 0.3) is 0 Å². The van der Waals surface area contributed by atoms with Crippen molar-refractivity contribution in [1.29, 1.82) is 0 Å². The topological polar surface area (TPSA) is 71.1 Å². The molecular formula is C15H22O6. The van der Waals surface area contributed by atoms with E-state index in [2.05, 4.69) is 0 Å². The SMILES string of the molecule is CCOC(=O)/C=C\[C@H]1OC(C)(C)O[C@@H]1/C=C\C(=O)OCC. The number of carbonyl (C=O) groups excluding carboxylic acids is 2. The highest BCUT2D eigenvalue weighted by Gasteiger charge is 2.38. The Kier molecular flexibility index (Phi) is 6.58. The smallest absolute Gasteiger partial charge is 0.330 e. The van der Waals surface area contributed by atoms with Gasteiger partial charge in [0.25, 0.3) is 0 Å². The van der Waals surface area contributed by atoms with Crippen molar-refractivity contribution in [3.05, 3.63) is 24.3 Å². The molecule has 0 saturated carbocycles. The predicted octanol–water partition coefficient (Wildman–Crippen LogP) is 1.75. The average Bonchev–Trinajstić information content (AvgIpc) is 2.69. The normalized spacial score (nSPS) is 24.6. The van der Waals surface area contributed by atoms with Crippen LogP contribution in [0.15, 0.2) is 24.3 Å². The van der Waals surface area contributed by atoms with E-state index >= 15 is 0 Å². The molecule has 0 aliphatic carbocycles.